The topological polar surface area (TPSA) is 41.5 Å². The molecule has 2 N–H and O–H groups in total. The van der Waals surface area contributed by atoms with E-state index in [0.29, 0.717) is 13.1 Å². The van der Waals surface area contributed by atoms with Crippen LogP contribution < -0.4 is 10.1 Å². The van der Waals surface area contributed by atoms with Gasteiger partial charge in [0, 0.05) is 23.7 Å². The molecule has 0 atom stereocenters. The average molecular weight is 244 g/mol. The Balaban J connectivity index is 3.00. The highest BCUT2D eigenvalue weighted by Crippen LogP contribution is 2.31. The maximum atomic E-state index is 8.72. The summed E-state index contributed by atoms with van der Waals surface area (Å²) in [7, 11) is 1.65. The third-order valence-corrected chi connectivity index (χ3v) is 3.16. The lowest BCUT2D eigenvalue weighted by Crippen LogP contribution is -2.18. The van der Waals surface area contributed by atoms with Gasteiger partial charge >= 0.3 is 0 Å². The van der Waals surface area contributed by atoms with Crippen LogP contribution in [0.15, 0.2) is 6.07 Å². The van der Waals surface area contributed by atoms with Crippen LogP contribution in [-0.4, -0.2) is 25.4 Å². The van der Waals surface area contributed by atoms with E-state index in [9.17, 15) is 0 Å². The molecule has 0 saturated carbocycles. The second-order valence-electron chi connectivity index (χ2n) is 3.71. The average Bonchev–Trinajstić information content (AvgIpc) is 2.29. The predicted octanol–water partition coefficient (Wildman–Crippen LogP) is 2.05. The molecule has 0 bridgehead atoms. The van der Waals surface area contributed by atoms with Crippen molar-refractivity contribution in [1.82, 2.24) is 5.32 Å². The standard InChI is InChI=1S/C12H18ClNO2/c1-8-6-11(16-3)10(7-14-4-5-15)9(2)12(8)13/h6,14-15H,4-5,7H2,1-3H3. The van der Waals surface area contributed by atoms with Gasteiger partial charge in [0.2, 0.25) is 0 Å². The van der Waals surface area contributed by atoms with Crippen molar-refractivity contribution < 1.29 is 9.84 Å². The lowest BCUT2D eigenvalue weighted by molar-refractivity contribution is 0.291. The highest BCUT2D eigenvalue weighted by molar-refractivity contribution is 6.32. The first kappa shape index (κ1) is 13.3. The smallest absolute Gasteiger partial charge is 0.123 e. The van der Waals surface area contributed by atoms with Crippen LogP contribution in [0.5, 0.6) is 5.75 Å². The summed E-state index contributed by atoms with van der Waals surface area (Å²) in [4.78, 5) is 0. The van der Waals surface area contributed by atoms with Crippen molar-refractivity contribution in [2.24, 2.45) is 0 Å². The fourth-order valence-electron chi connectivity index (χ4n) is 1.65. The van der Waals surface area contributed by atoms with E-state index < -0.39 is 0 Å². The van der Waals surface area contributed by atoms with Crippen LogP contribution in [0.3, 0.4) is 0 Å². The molecule has 0 aliphatic rings. The molecule has 0 saturated heterocycles. The van der Waals surface area contributed by atoms with Crippen molar-refractivity contribution in [2.75, 3.05) is 20.3 Å². The van der Waals surface area contributed by atoms with Crippen LogP contribution >= 0.6 is 11.6 Å². The lowest BCUT2D eigenvalue weighted by Gasteiger charge is -2.15. The Labute approximate surface area is 101 Å². The first-order chi connectivity index (χ1) is 7.61. The molecule has 3 nitrogen and oxygen atoms in total. The van der Waals surface area contributed by atoms with Gasteiger partial charge in [-0.25, -0.2) is 0 Å². The van der Waals surface area contributed by atoms with Crippen LogP contribution in [0.1, 0.15) is 16.7 Å². The first-order valence-corrected chi connectivity index (χ1v) is 5.63. The van der Waals surface area contributed by atoms with Crippen LogP contribution in [0.4, 0.5) is 0 Å². The number of benzene rings is 1. The van der Waals surface area contributed by atoms with Crippen molar-refractivity contribution >= 4 is 11.6 Å². The summed E-state index contributed by atoms with van der Waals surface area (Å²) in [5, 5.41) is 12.6. The molecule has 0 spiro atoms. The summed E-state index contributed by atoms with van der Waals surface area (Å²) in [5.74, 6) is 0.838. The van der Waals surface area contributed by atoms with Crippen molar-refractivity contribution in [1.29, 1.82) is 0 Å². The fourth-order valence-corrected chi connectivity index (χ4v) is 1.82. The van der Waals surface area contributed by atoms with Crippen molar-refractivity contribution in [3.05, 3.63) is 27.8 Å². The zero-order chi connectivity index (χ0) is 12.1. The van der Waals surface area contributed by atoms with Crippen LogP contribution in [0.2, 0.25) is 5.02 Å². The van der Waals surface area contributed by atoms with Gasteiger partial charge in [0.05, 0.1) is 13.7 Å². The number of aryl methyl sites for hydroxylation is 1. The number of nitrogens with one attached hydrogen (secondary N) is 1. The number of aliphatic hydroxyl groups excluding tert-OH is 1. The number of methoxy groups -OCH3 is 1. The molecule has 1 aromatic rings. The van der Waals surface area contributed by atoms with Gasteiger partial charge < -0.3 is 15.2 Å². The van der Waals surface area contributed by atoms with E-state index >= 15 is 0 Å². The normalized spacial score (nSPS) is 10.6. The molecule has 0 aliphatic heterocycles. The molecule has 1 aromatic carbocycles. The maximum Gasteiger partial charge on any atom is 0.123 e. The Hall–Kier alpha value is -0.770. The third kappa shape index (κ3) is 2.88. The first-order valence-electron chi connectivity index (χ1n) is 5.26. The molecule has 0 fully saturated rings. The summed E-state index contributed by atoms with van der Waals surface area (Å²) in [5.41, 5.74) is 3.09. The van der Waals surface area contributed by atoms with E-state index in [0.717, 1.165) is 27.5 Å². The van der Waals surface area contributed by atoms with E-state index in [2.05, 4.69) is 5.32 Å². The molecule has 0 radical (unpaired) electrons. The monoisotopic (exact) mass is 243 g/mol. The number of aliphatic hydroxyl groups is 1. The number of ether oxygens (including phenoxy) is 1. The minimum absolute atomic E-state index is 0.126. The van der Waals surface area contributed by atoms with Crippen molar-refractivity contribution in [3.8, 4) is 5.75 Å². The largest absolute Gasteiger partial charge is 0.496 e. The minimum atomic E-state index is 0.126. The Morgan fingerprint density at radius 2 is 2.12 bits per heavy atom. The number of hydrogen-bond donors (Lipinski definition) is 2. The third-order valence-electron chi connectivity index (χ3n) is 2.58. The van der Waals surface area contributed by atoms with Crippen molar-refractivity contribution in [3.63, 3.8) is 0 Å². The molecule has 0 aliphatic carbocycles. The maximum absolute atomic E-state index is 8.72. The highest BCUT2D eigenvalue weighted by atomic mass is 35.5. The zero-order valence-electron chi connectivity index (χ0n) is 9.93. The molecule has 0 heterocycles. The van der Waals surface area contributed by atoms with Gasteiger partial charge in [-0.1, -0.05) is 11.6 Å². The molecule has 16 heavy (non-hydrogen) atoms. The molecule has 90 valence electrons. The summed E-state index contributed by atoms with van der Waals surface area (Å²) in [6.07, 6.45) is 0. The second-order valence-corrected chi connectivity index (χ2v) is 4.09. The van der Waals surface area contributed by atoms with Crippen molar-refractivity contribution in [2.45, 2.75) is 20.4 Å². The molecule has 0 aromatic heterocycles. The number of halogens is 1. The Morgan fingerprint density at radius 3 is 2.69 bits per heavy atom. The summed E-state index contributed by atoms with van der Waals surface area (Å²) in [6, 6.07) is 1.94. The van der Waals surface area contributed by atoms with E-state index in [1.54, 1.807) is 7.11 Å². The Morgan fingerprint density at radius 1 is 1.44 bits per heavy atom. The molecule has 1 rings (SSSR count). The van der Waals surface area contributed by atoms with Gasteiger partial charge in [-0.2, -0.15) is 0 Å². The predicted molar refractivity (Wildman–Crippen MR) is 66.3 cm³/mol. The summed E-state index contributed by atoms with van der Waals surface area (Å²) >= 11 is 6.19. The Bertz CT molecular complexity index is 367. The molecular weight excluding hydrogens is 226 g/mol. The lowest BCUT2D eigenvalue weighted by atomic mass is 10.0. The molecule has 0 amide bonds. The van der Waals surface area contributed by atoms with E-state index in [1.165, 1.54) is 0 Å². The molecular formula is C12H18ClNO2. The number of rotatable bonds is 5. The quantitative estimate of drug-likeness (QED) is 0.778. The van der Waals surface area contributed by atoms with Gasteiger partial charge in [0.15, 0.2) is 0 Å². The Kier molecular flexibility index (Phi) is 5.06. The molecule has 0 unspecified atom stereocenters. The van der Waals surface area contributed by atoms with Crippen LogP contribution in [-0.2, 0) is 6.54 Å². The number of hydrogen-bond acceptors (Lipinski definition) is 3. The van der Waals surface area contributed by atoms with Gasteiger partial charge in [0.1, 0.15) is 5.75 Å². The van der Waals surface area contributed by atoms with Gasteiger partial charge in [-0.05, 0) is 31.0 Å². The van der Waals surface area contributed by atoms with Gasteiger partial charge in [0.25, 0.3) is 0 Å². The molecule has 4 heteroatoms. The summed E-state index contributed by atoms with van der Waals surface area (Å²) in [6.45, 7) is 5.28. The van der Waals surface area contributed by atoms with Crippen LogP contribution in [0, 0.1) is 13.8 Å². The minimum Gasteiger partial charge on any atom is -0.496 e. The van der Waals surface area contributed by atoms with E-state index in [4.69, 9.17) is 21.4 Å². The van der Waals surface area contributed by atoms with Crippen LogP contribution in [0.25, 0.3) is 0 Å². The van der Waals surface area contributed by atoms with Gasteiger partial charge in [-0.3, -0.25) is 0 Å². The summed E-state index contributed by atoms with van der Waals surface area (Å²) < 4.78 is 5.33. The van der Waals surface area contributed by atoms with E-state index in [1.807, 2.05) is 19.9 Å². The fraction of sp³-hybridized carbons (Fsp3) is 0.500. The second kappa shape index (κ2) is 6.09. The zero-order valence-corrected chi connectivity index (χ0v) is 10.7. The SMILES string of the molecule is COc1cc(C)c(Cl)c(C)c1CNCCO. The van der Waals surface area contributed by atoms with E-state index in [-0.39, 0.29) is 6.61 Å². The van der Waals surface area contributed by atoms with Gasteiger partial charge in [-0.15, -0.1) is 0 Å². The highest BCUT2D eigenvalue weighted by Gasteiger charge is 2.11.